The van der Waals surface area contributed by atoms with E-state index >= 15 is 0 Å². The first-order chi connectivity index (χ1) is 12.3. The van der Waals surface area contributed by atoms with Crippen LogP contribution in [0.5, 0.6) is 0 Å². The number of Topliss-reactive ketones (excluding diaryl/α,β-unsaturated/α-hetero) is 1. The van der Waals surface area contributed by atoms with Crippen molar-refractivity contribution in [3.05, 3.63) is 71.5 Å². The second-order valence-electron chi connectivity index (χ2n) is 6.48. The molecule has 0 radical (unpaired) electrons. The highest BCUT2D eigenvalue weighted by Crippen LogP contribution is 2.33. The molecule has 0 bridgehead atoms. The first-order valence-electron chi connectivity index (χ1n) is 8.35. The molecule has 138 valence electrons. The Balaban J connectivity index is 1.66. The number of sulfonamides is 1. The molecule has 2 aromatic carbocycles. The molecule has 0 saturated carbocycles. The number of nitrogens with zero attached hydrogens (tertiary/aromatic N) is 1. The molecule has 3 rings (SSSR count). The van der Waals surface area contributed by atoms with E-state index in [0.29, 0.717) is 0 Å². The van der Waals surface area contributed by atoms with Crippen LogP contribution < -0.4 is 0 Å². The van der Waals surface area contributed by atoms with E-state index in [1.54, 1.807) is 0 Å². The minimum absolute atomic E-state index is 0.143. The van der Waals surface area contributed by atoms with Gasteiger partial charge in [-0.1, -0.05) is 30.3 Å². The van der Waals surface area contributed by atoms with Crippen LogP contribution in [-0.4, -0.2) is 42.5 Å². The lowest BCUT2D eigenvalue weighted by Gasteiger charge is -2.37. The van der Waals surface area contributed by atoms with Crippen molar-refractivity contribution in [2.45, 2.75) is 18.4 Å². The summed E-state index contributed by atoms with van der Waals surface area (Å²) in [5.74, 6) is -1.72. The van der Waals surface area contributed by atoms with Gasteiger partial charge in [-0.2, -0.15) is 0 Å². The first kappa shape index (κ1) is 18.7. The van der Waals surface area contributed by atoms with Gasteiger partial charge < -0.3 is 5.11 Å². The van der Waals surface area contributed by atoms with Crippen molar-refractivity contribution >= 4 is 15.8 Å². The maximum absolute atomic E-state index is 12.9. The lowest BCUT2D eigenvalue weighted by Crippen LogP contribution is -2.46. The van der Waals surface area contributed by atoms with Crippen molar-refractivity contribution in [3.8, 4) is 0 Å². The van der Waals surface area contributed by atoms with Gasteiger partial charge in [0.05, 0.1) is 5.60 Å². The summed E-state index contributed by atoms with van der Waals surface area (Å²) in [6, 6.07) is 14.0. The van der Waals surface area contributed by atoms with Gasteiger partial charge in [0.2, 0.25) is 10.0 Å². The Kier molecular flexibility index (Phi) is 5.22. The molecular weight excluding hydrogens is 357 g/mol. The van der Waals surface area contributed by atoms with Crippen LogP contribution in [0.1, 0.15) is 28.8 Å². The molecule has 2 aromatic rings. The Labute approximate surface area is 152 Å². The van der Waals surface area contributed by atoms with Crippen LogP contribution in [0, 0.1) is 5.82 Å². The molecule has 0 amide bonds. The molecule has 26 heavy (non-hydrogen) atoms. The van der Waals surface area contributed by atoms with E-state index in [-0.39, 0.29) is 31.5 Å². The number of benzene rings is 2. The number of ketones is 1. The van der Waals surface area contributed by atoms with Crippen LogP contribution in [0.4, 0.5) is 4.39 Å². The van der Waals surface area contributed by atoms with Crippen LogP contribution in [0.25, 0.3) is 0 Å². The molecule has 1 saturated heterocycles. The van der Waals surface area contributed by atoms with Gasteiger partial charge in [-0.25, -0.2) is 17.1 Å². The molecule has 5 nitrogen and oxygen atoms in total. The SMILES string of the molecule is O=C(CS(=O)(=O)N1CCC(O)(c2ccccc2)CC1)c1ccc(F)cc1. The third-order valence-electron chi connectivity index (χ3n) is 4.73. The van der Waals surface area contributed by atoms with E-state index in [4.69, 9.17) is 0 Å². The molecule has 0 aromatic heterocycles. The predicted molar refractivity (Wildman–Crippen MR) is 95.7 cm³/mol. The Morgan fingerprint density at radius 1 is 1.04 bits per heavy atom. The molecule has 0 aliphatic carbocycles. The zero-order valence-corrected chi connectivity index (χ0v) is 15.0. The fraction of sp³-hybridized carbons (Fsp3) is 0.316. The zero-order chi connectivity index (χ0) is 18.8. The van der Waals surface area contributed by atoms with Crippen LogP contribution >= 0.6 is 0 Å². The molecule has 0 unspecified atom stereocenters. The van der Waals surface area contributed by atoms with Gasteiger partial charge in [0.25, 0.3) is 0 Å². The summed E-state index contributed by atoms with van der Waals surface area (Å²) in [5.41, 5.74) is -0.138. The molecule has 1 aliphatic rings. The fourth-order valence-corrected chi connectivity index (χ4v) is 4.57. The molecule has 0 spiro atoms. The highest BCUT2D eigenvalue weighted by atomic mass is 32.2. The Morgan fingerprint density at radius 2 is 1.62 bits per heavy atom. The largest absolute Gasteiger partial charge is 0.385 e. The molecule has 1 heterocycles. The van der Waals surface area contributed by atoms with Crippen molar-refractivity contribution < 1.29 is 22.7 Å². The lowest BCUT2D eigenvalue weighted by atomic mass is 9.85. The Bertz CT molecular complexity index is 874. The van der Waals surface area contributed by atoms with Gasteiger partial charge >= 0.3 is 0 Å². The Hall–Kier alpha value is -2.09. The number of rotatable bonds is 5. The summed E-state index contributed by atoms with van der Waals surface area (Å²) in [4.78, 5) is 12.2. The third kappa shape index (κ3) is 4.00. The van der Waals surface area contributed by atoms with Crippen LogP contribution in [0.2, 0.25) is 0 Å². The molecule has 7 heteroatoms. The predicted octanol–water partition coefficient (Wildman–Crippen LogP) is 2.32. The van der Waals surface area contributed by atoms with Crippen molar-refractivity contribution in [1.29, 1.82) is 0 Å². The second-order valence-corrected chi connectivity index (χ2v) is 8.45. The maximum atomic E-state index is 12.9. The smallest absolute Gasteiger partial charge is 0.221 e. The van der Waals surface area contributed by atoms with E-state index in [2.05, 4.69) is 0 Å². The van der Waals surface area contributed by atoms with Crippen molar-refractivity contribution in [2.75, 3.05) is 18.8 Å². The quantitative estimate of drug-likeness (QED) is 0.812. The number of piperidine rings is 1. The van der Waals surface area contributed by atoms with Crippen molar-refractivity contribution in [2.24, 2.45) is 0 Å². The van der Waals surface area contributed by atoms with Gasteiger partial charge in [-0.05, 0) is 42.7 Å². The number of carbonyl (C=O) groups is 1. The topological polar surface area (TPSA) is 74.7 Å². The third-order valence-corrected chi connectivity index (χ3v) is 6.51. The Morgan fingerprint density at radius 3 is 2.19 bits per heavy atom. The number of hydrogen-bond acceptors (Lipinski definition) is 4. The molecule has 1 fully saturated rings. The van der Waals surface area contributed by atoms with Crippen LogP contribution in [0.3, 0.4) is 0 Å². The monoisotopic (exact) mass is 377 g/mol. The summed E-state index contributed by atoms with van der Waals surface area (Å²) in [6.45, 7) is 0.287. The van der Waals surface area contributed by atoms with Gasteiger partial charge in [-0.15, -0.1) is 0 Å². The van der Waals surface area contributed by atoms with E-state index in [9.17, 15) is 22.7 Å². The molecule has 1 N–H and O–H groups in total. The van der Waals surface area contributed by atoms with E-state index in [1.165, 1.54) is 16.4 Å². The normalized spacial score (nSPS) is 17.8. The van der Waals surface area contributed by atoms with Gasteiger partial charge in [-0.3, -0.25) is 4.79 Å². The summed E-state index contributed by atoms with van der Waals surface area (Å²) < 4.78 is 39.2. The van der Waals surface area contributed by atoms with Gasteiger partial charge in [0, 0.05) is 18.7 Å². The number of carbonyl (C=O) groups excluding carboxylic acids is 1. The van der Waals surface area contributed by atoms with Crippen molar-refractivity contribution in [3.63, 3.8) is 0 Å². The summed E-state index contributed by atoms with van der Waals surface area (Å²) >= 11 is 0. The van der Waals surface area contributed by atoms with E-state index in [0.717, 1.165) is 17.7 Å². The average molecular weight is 377 g/mol. The summed E-state index contributed by atoms with van der Waals surface area (Å²) in [7, 11) is -3.79. The first-order valence-corrected chi connectivity index (χ1v) is 9.96. The minimum atomic E-state index is -3.79. The summed E-state index contributed by atoms with van der Waals surface area (Å²) in [6.07, 6.45) is 0.530. The zero-order valence-electron chi connectivity index (χ0n) is 14.1. The second kappa shape index (κ2) is 7.26. The number of hydrogen-bond donors (Lipinski definition) is 1. The summed E-state index contributed by atoms with van der Waals surface area (Å²) in [5, 5.41) is 10.8. The fourth-order valence-electron chi connectivity index (χ4n) is 3.15. The standard InChI is InChI=1S/C19H20FNO4S/c20-17-8-6-15(7-9-17)18(22)14-26(24,25)21-12-10-19(23,11-13-21)16-4-2-1-3-5-16/h1-9,23H,10-14H2. The number of aliphatic hydroxyl groups is 1. The minimum Gasteiger partial charge on any atom is -0.385 e. The van der Waals surface area contributed by atoms with Crippen molar-refractivity contribution in [1.82, 2.24) is 4.31 Å². The highest BCUT2D eigenvalue weighted by molar-refractivity contribution is 7.89. The molecule has 1 aliphatic heterocycles. The lowest BCUT2D eigenvalue weighted by molar-refractivity contribution is -0.00956. The highest BCUT2D eigenvalue weighted by Gasteiger charge is 2.38. The maximum Gasteiger partial charge on any atom is 0.221 e. The van der Waals surface area contributed by atoms with Crippen LogP contribution in [0.15, 0.2) is 54.6 Å². The van der Waals surface area contributed by atoms with E-state index < -0.39 is 33.0 Å². The molecular formula is C19H20FNO4S. The average Bonchev–Trinajstić information content (AvgIpc) is 2.63. The van der Waals surface area contributed by atoms with Gasteiger partial charge in [0.1, 0.15) is 11.6 Å². The molecule has 0 atom stereocenters. The van der Waals surface area contributed by atoms with Crippen LogP contribution in [-0.2, 0) is 15.6 Å². The van der Waals surface area contributed by atoms with Gasteiger partial charge in [0.15, 0.2) is 5.78 Å². The van der Waals surface area contributed by atoms with E-state index in [1.807, 2.05) is 30.3 Å². The number of halogens is 1.